The van der Waals surface area contributed by atoms with Crippen LogP contribution in [0.15, 0.2) is 42.5 Å². The molecule has 2 nitrogen and oxygen atoms in total. The molecule has 0 aliphatic heterocycles. The van der Waals surface area contributed by atoms with Gasteiger partial charge >= 0.3 is 6.18 Å². The van der Waals surface area contributed by atoms with Crippen LogP contribution in [0, 0.1) is 13.8 Å². The van der Waals surface area contributed by atoms with E-state index in [1.54, 1.807) is 24.3 Å². The third kappa shape index (κ3) is 1.92. The molecular weight excluding hydrogens is 301 g/mol. The van der Waals surface area contributed by atoms with E-state index in [9.17, 15) is 13.2 Å². The average Bonchev–Trinajstić information content (AvgIpc) is 2.80. The van der Waals surface area contributed by atoms with Gasteiger partial charge in [-0.3, -0.25) is 4.40 Å². The molecule has 0 radical (unpaired) electrons. The fourth-order valence-electron chi connectivity index (χ4n) is 3.24. The van der Waals surface area contributed by atoms with Crippen LogP contribution in [0.25, 0.3) is 27.3 Å². The van der Waals surface area contributed by atoms with Crippen LogP contribution in [-0.2, 0) is 6.18 Å². The Morgan fingerprint density at radius 2 is 1.70 bits per heavy atom. The largest absolute Gasteiger partial charge is 0.450 e. The summed E-state index contributed by atoms with van der Waals surface area (Å²) >= 11 is 0. The maximum atomic E-state index is 13.6. The van der Waals surface area contributed by atoms with Gasteiger partial charge in [0.25, 0.3) is 0 Å². The molecule has 0 atom stereocenters. The summed E-state index contributed by atoms with van der Waals surface area (Å²) in [5.74, 6) is -0.881. The van der Waals surface area contributed by atoms with E-state index >= 15 is 0 Å². The first-order valence-corrected chi connectivity index (χ1v) is 7.25. The quantitative estimate of drug-likeness (QED) is 0.432. The maximum absolute atomic E-state index is 13.6. The molecule has 4 rings (SSSR count). The summed E-state index contributed by atoms with van der Waals surface area (Å²) in [6.45, 7) is 3.78. The average molecular weight is 314 g/mol. The van der Waals surface area contributed by atoms with Gasteiger partial charge in [0.1, 0.15) is 0 Å². The number of aromatic nitrogens is 2. The smallest absolute Gasteiger partial charge is 0.289 e. The van der Waals surface area contributed by atoms with Crippen molar-refractivity contribution in [2.75, 3.05) is 0 Å². The highest BCUT2D eigenvalue weighted by molar-refractivity contribution is 6.04. The van der Waals surface area contributed by atoms with Crippen molar-refractivity contribution >= 4 is 27.3 Å². The molecule has 0 N–H and O–H groups in total. The summed E-state index contributed by atoms with van der Waals surface area (Å²) in [4.78, 5) is 3.92. The van der Waals surface area contributed by atoms with Crippen LogP contribution in [-0.4, -0.2) is 9.38 Å². The number of rotatable bonds is 0. The highest BCUT2D eigenvalue weighted by Gasteiger charge is 2.37. The van der Waals surface area contributed by atoms with E-state index in [1.807, 2.05) is 32.0 Å². The molecule has 0 amide bonds. The highest BCUT2D eigenvalue weighted by Crippen LogP contribution is 2.37. The van der Waals surface area contributed by atoms with Crippen molar-refractivity contribution in [1.82, 2.24) is 9.38 Å². The van der Waals surface area contributed by atoms with E-state index < -0.39 is 12.0 Å². The molecule has 116 valence electrons. The van der Waals surface area contributed by atoms with Crippen molar-refractivity contribution in [3.63, 3.8) is 0 Å². The standard InChI is InChI=1S/C18H13F3N2/c1-10-7-8-14-13(9-10)16-11(2)12-5-3-4-6-15(12)23(16)17(22-14)18(19,20)21/h3-9H,1-2H3. The first kappa shape index (κ1) is 14.1. The Bertz CT molecular complexity index is 1070. The van der Waals surface area contributed by atoms with E-state index in [2.05, 4.69) is 4.98 Å². The Kier molecular flexibility index (Phi) is 2.73. The number of nitrogens with zero attached hydrogens (tertiary/aromatic N) is 2. The highest BCUT2D eigenvalue weighted by atomic mass is 19.4. The fraction of sp³-hybridized carbons (Fsp3) is 0.167. The molecule has 0 fully saturated rings. The van der Waals surface area contributed by atoms with E-state index in [4.69, 9.17) is 0 Å². The first-order chi connectivity index (χ1) is 10.9. The lowest BCUT2D eigenvalue weighted by molar-refractivity contribution is -0.145. The minimum atomic E-state index is -4.52. The Labute approximate surface area is 130 Å². The lowest BCUT2D eigenvalue weighted by Gasteiger charge is -2.13. The van der Waals surface area contributed by atoms with E-state index in [0.29, 0.717) is 16.6 Å². The maximum Gasteiger partial charge on any atom is 0.450 e. The second-order valence-electron chi connectivity index (χ2n) is 5.78. The minimum absolute atomic E-state index is 0.362. The lowest BCUT2D eigenvalue weighted by atomic mass is 10.1. The predicted molar refractivity (Wildman–Crippen MR) is 84.7 cm³/mol. The molecule has 0 unspecified atom stereocenters. The molecule has 2 aromatic heterocycles. The molecule has 2 aromatic carbocycles. The van der Waals surface area contributed by atoms with Crippen LogP contribution >= 0.6 is 0 Å². The Morgan fingerprint density at radius 3 is 2.43 bits per heavy atom. The third-order valence-electron chi connectivity index (χ3n) is 4.23. The van der Waals surface area contributed by atoms with Gasteiger partial charge < -0.3 is 0 Å². The topological polar surface area (TPSA) is 17.3 Å². The molecule has 0 saturated carbocycles. The molecule has 0 aliphatic carbocycles. The van der Waals surface area contributed by atoms with Crippen molar-refractivity contribution in [2.24, 2.45) is 0 Å². The zero-order valence-corrected chi connectivity index (χ0v) is 12.6. The van der Waals surface area contributed by atoms with Gasteiger partial charge in [-0.05, 0) is 37.6 Å². The van der Waals surface area contributed by atoms with Crippen LogP contribution in [0.5, 0.6) is 0 Å². The molecule has 4 aromatic rings. The van der Waals surface area contributed by atoms with Gasteiger partial charge in [0.2, 0.25) is 5.82 Å². The molecule has 23 heavy (non-hydrogen) atoms. The van der Waals surface area contributed by atoms with Gasteiger partial charge in [0.05, 0.1) is 16.6 Å². The van der Waals surface area contributed by atoms with Crippen molar-refractivity contribution in [3.8, 4) is 0 Å². The molecule has 0 aliphatic rings. The number of para-hydroxylation sites is 1. The number of alkyl halides is 3. The second-order valence-corrected chi connectivity index (χ2v) is 5.78. The fourth-order valence-corrected chi connectivity index (χ4v) is 3.24. The van der Waals surface area contributed by atoms with Crippen molar-refractivity contribution < 1.29 is 13.2 Å². The van der Waals surface area contributed by atoms with Gasteiger partial charge in [0, 0.05) is 10.8 Å². The number of benzene rings is 2. The summed E-state index contributed by atoms with van der Waals surface area (Å²) in [5, 5.41) is 1.56. The number of hydrogen-bond acceptors (Lipinski definition) is 1. The van der Waals surface area contributed by atoms with E-state index in [0.717, 1.165) is 21.9 Å². The van der Waals surface area contributed by atoms with E-state index in [-0.39, 0.29) is 0 Å². The monoisotopic (exact) mass is 314 g/mol. The molecule has 0 bridgehead atoms. The summed E-state index contributed by atoms with van der Waals surface area (Å²) in [7, 11) is 0. The van der Waals surface area contributed by atoms with Crippen LogP contribution in [0.2, 0.25) is 0 Å². The van der Waals surface area contributed by atoms with Gasteiger partial charge in [0.15, 0.2) is 0 Å². The van der Waals surface area contributed by atoms with Gasteiger partial charge in [-0.15, -0.1) is 0 Å². The Balaban J connectivity index is 2.38. The number of aryl methyl sites for hydroxylation is 2. The van der Waals surface area contributed by atoms with Gasteiger partial charge in [-0.1, -0.05) is 29.8 Å². The Hall–Kier alpha value is -2.56. The third-order valence-corrected chi connectivity index (χ3v) is 4.23. The SMILES string of the molecule is Cc1ccc2nc(C(F)(F)F)n3c4ccccc4c(C)c3c2c1. The molecule has 0 spiro atoms. The summed E-state index contributed by atoms with van der Waals surface area (Å²) in [6, 6.07) is 12.5. The van der Waals surface area contributed by atoms with Crippen molar-refractivity contribution in [1.29, 1.82) is 0 Å². The van der Waals surface area contributed by atoms with Gasteiger partial charge in [-0.2, -0.15) is 13.2 Å². The zero-order valence-electron chi connectivity index (χ0n) is 12.6. The zero-order chi connectivity index (χ0) is 16.4. The number of fused-ring (bicyclic) bond motifs is 5. The van der Waals surface area contributed by atoms with Crippen LogP contribution in [0.4, 0.5) is 13.2 Å². The normalized spacial score (nSPS) is 12.6. The van der Waals surface area contributed by atoms with Crippen molar-refractivity contribution in [2.45, 2.75) is 20.0 Å². The lowest BCUT2D eigenvalue weighted by Crippen LogP contribution is -2.14. The van der Waals surface area contributed by atoms with Crippen molar-refractivity contribution in [3.05, 3.63) is 59.4 Å². The summed E-state index contributed by atoms with van der Waals surface area (Å²) in [6.07, 6.45) is -4.52. The van der Waals surface area contributed by atoms with Crippen LogP contribution < -0.4 is 0 Å². The predicted octanol–water partition coefficient (Wildman–Crippen LogP) is 5.28. The summed E-state index contributed by atoms with van der Waals surface area (Å²) < 4.78 is 42.0. The first-order valence-electron chi connectivity index (χ1n) is 7.25. The molecule has 5 heteroatoms. The van der Waals surface area contributed by atoms with E-state index in [1.165, 1.54) is 4.40 Å². The molecular formula is C18H13F3N2. The minimum Gasteiger partial charge on any atom is -0.289 e. The second kappa shape index (κ2) is 4.47. The molecule has 0 saturated heterocycles. The Morgan fingerprint density at radius 1 is 0.957 bits per heavy atom. The van der Waals surface area contributed by atoms with Gasteiger partial charge in [-0.25, -0.2) is 4.98 Å². The van der Waals surface area contributed by atoms with Crippen LogP contribution in [0.1, 0.15) is 17.0 Å². The number of hydrogen-bond donors (Lipinski definition) is 0. The molecule has 2 heterocycles. The summed E-state index contributed by atoms with van der Waals surface area (Å²) in [5.41, 5.74) is 3.30. The number of halogens is 3. The van der Waals surface area contributed by atoms with Crippen LogP contribution in [0.3, 0.4) is 0 Å².